The molecule has 5 heterocycles. The molecule has 2 saturated heterocycles. The molecule has 0 saturated carbocycles. The first-order chi connectivity index (χ1) is 16.8. The largest absolute Gasteiger partial charge is 0.408 e. The third-order valence-corrected chi connectivity index (χ3v) is 6.53. The summed E-state index contributed by atoms with van der Waals surface area (Å²) in [7, 11) is 0. The molecular weight excluding hydrogens is 463 g/mol. The molecule has 0 aliphatic carbocycles. The Morgan fingerprint density at radius 2 is 2.06 bits per heavy atom. The number of anilines is 2. The molecule has 3 N–H and O–H groups in total. The number of nitrogens with one attached hydrogen (secondary N) is 3. The average molecular weight is 487 g/mol. The van der Waals surface area contributed by atoms with Crippen molar-refractivity contribution in [3.63, 3.8) is 0 Å². The number of amides is 1. The molecule has 2 fully saturated rings. The van der Waals surface area contributed by atoms with Gasteiger partial charge in [-0.2, -0.15) is 28.6 Å². The molecule has 3 aromatic heterocycles. The molecular formula is C22H24F3N9O. The number of aromatic amines is 1. The van der Waals surface area contributed by atoms with E-state index in [1.165, 1.54) is 18.5 Å². The van der Waals surface area contributed by atoms with Gasteiger partial charge >= 0.3 is 6.18 Å². The monoisotopic (exact) mass is 487 g/mol. The summed E-state index contributed by atoms with van der Waals surface area (Å²) < 4.78 is 40.6. The van der Waals surface area contributed by atoms with Crippen molar-refractivity contribution in [2.24, 2.45) is 11.8 Å². The SMILES string of the molecule is N#CC(C(=O)Nc1cn[nH]c1-c1cc2c(cn1)c(N1CCC1)nn2CC(F)(F)F)C1CCNCC1. The Morgan fingerprint density at radius 1 is 1.29 bits per heavy atom. The van der Waals surface area contributed by atoms with Gasteiger partial charge in [0.1, 0.15) is 18.2 Å². The van der Waals surface area contributed by atoms with Crippen LogP contribution in [0.4, 0.5) is 24.7 Å². The Bertz CT molecular complexity index is 1270. The summed E-state index contributed by atoms with van der Waals surface area (Å²) in [5.74, 6) is -0.831. The summed E-state index contributed by atoms with van der Waals surface area (Å²) in [5, 5.41) is 27.1. The van der Waals surface area contributed by atoms with Crippen LogP contribution in [0.15, 0.2) is 18.5 Å². The van der Waals surface area contributed by atoms with Crippen molar-refractivity contribution >= 4 is 28.3 Å². The maximum absolute atomic E-state index is 13.2. The third kappa shape index (κ3) is 4.66. The number of carbonyl (C=O) groups excluding carboxylic acids is 1. The Kier molecular flexibility index (Phi) is 6.06. The summed E-state index contributed by atoms with van der Waals surface area (Å²) >= 11 is 0. The van der Waals surface area contributed by atoms with Crippen molar-refractivity contribution in [2.45, 2.75) is 32.0 Å². The van der Waals surface area contributed by atoms with Crippen LogP contribution >= 0.6 is 0 Å². The van der Waals surface area contributed by atoms with Crippen molar-refractivity contribution in [1.29, 1.82) is 5.26 Å². The van der Waals surface area contributed by atoms with Crippen LogP contribution < -0.4 is 15.5 Å². The molecule has 1 unspecified atom stereocenters. The zero-order chi connectivity index (χ0) is 24.6. The molecule has 0 radical (unpaired) electrons. The molecule has 10 nitrogen and oxygen atoms in total. The molecule has 3 aromatic rings. The zero-order valence-electron chi connectivity index (χ0n) is 18.8. The van der Waals surface area contributed by atoms with E-state index in [1.807, 2.05) is 4.90 Å². The summed E-state index contributed by atoms with van der Waals surface area (Å²) in [5.41, 5.74) is 1.23. The van der Waals surface area contributed by atoms with Gasteiger partial charge in [0.15, 0.2) is 5.82 Å². The van der Waals surface area contributed by atoms with Gasteiger partial charge in [0.25, 0.3) is 0 Å². The number of H-pyrrole nitrogens is 1. The molecule has 35 heavy (non-hydrogen) atoms. The first kappa shape index (κ1) is 23.1. The van der Waals surface area contributed by atoms with Crippen LogP contribution in [0, 0.1) is 23.2 Å². The Morgan fingerprint density at radius 3 is 2.71 bits per heavy atom. The van der Waals surface area contributed by atoms with Crippen LogP contribution in [-0.2, 0) is 11.3 Å². The summed E-state index contributed by atoms with van der Waals surface area (Å²) in [6.45, 7) is 1.74. The molecule has 13 heteroatoms. The molecule has 1 atom stereocenters. The number of carbonyl (C=O) groups is 1. The number of fused-ring (bicyclic) bond motifs is 1. The fourth-order valence-electron chi connectivity index (χ4n) is 4.58. The lowest BCUT2D eigenvalue weighted by atomic mass is 9.85. The highest BCUT2D eigenvalue weighted by Crippen LogP contribution is 2.34. The van der Waals surface area contributed by atoms with Crippen molar-refractivity contribution in [2.75, 3.05) is 36.4 Å². The number of hydrogen-bond donors (Lipinski definition) is 3. The van der Waals surface area contributed by atoms with E-state index >= 15 is 0 Å². The highest BCUT2D eigenvalue weighted by atomic mass is 19.4. The highest BCUT2D eigenvalue weighted by Gasteiger charge is 2.32. The fourth-order valence-corrected chi connectivity index (χ4v) is 4.58. The minimum Gasteiger partial charge on any atom is -0.354 e. The third-order valence-electron chi connectivity index (χ3n) is 6.53. The molecule has 2 aliphatic rings. The van der Waals surface area contributed by atoms with Crippen molar-refractivity contribution < 1.29 is 18.0 Å². The fraction of sp³-hybridized carbons (Fsp3) is 0.500. The van der Waals surface area contributed by atoms with Crippen molar-refractivity contribution in [3.05, 3.63) is 18.5 Å². The van der Waals surface area contributed by atoms with E-state index in [2.05, 4.69) is 37.0 Å². The smallest absolute Gasteiger partial charge is 0.354 e. The van der Waals surface area contributed by atoms with Crippen LogP contribution in [0.2, 0.25) is 0 Å². The number of alkyl halides is 3. The summed E-state index contributed by atoms with van der Waals surface area (Å²) in [6.07, 6.45) is 0.863. The second kappa shape index (κ2) is 9.18. The van der Waals surface area contributed by atoms with Gasteiger partial charge in [-0.15, -0.1) is 0 Å². The number of hydrogen-bond acceptors (Lipinski definition) is 7. The van der Waals surface area contributed by atoms with Gasteiger partial charge < -0.3 is 15.5 Å². The lowest BCUT2D eigenvalue weighted by Gasteiger charge is -2.31. The maximum atomic E-state index is 13.2. The number of rotatable bonds is 6. The number of nitrogens with zero attached hydrogens (tertiary/aromatic N) is 6. The van der Waals surface area contributed by atoms with Crippen molar-refractivity contribution in [3.8, 4) is 17.5 Å². The Labute approximate surface area is 198 Å². The molecule has 2 aliphatic heterocycles. The number of aromatic nitrogens is 5. The maximum Gasteiger partial charge on any atom is 0.408 e. The highest BCUT2D eigenvalue weighted by molar-refractivity contribution is 5.98. The van der Waals surface area contributed by atoms with Crippen LogP contribution in [-0.4, -0.2) is 63.2 Å². The minimum absolute atomic E-state index is 0.0530. The molecule has 0 bridgehead atoms. The van der Waals surface area contributed by atoms with E-state index < -0.39 is 24.5 Å². The van der Waals surface area contributed by atoms with E-state index in [4.69, 9.17) is 0 Å². The quantitative estimate of drug-likeness (QED) is 0.488. The summed E-state index contributed by atoms with van der Waals surface area (Å²) in [4.78, 5) is 19.2. The van der Waals surface area contributed by atoms with Gasteiger partial charge in [-0.3, -0.25) is 19.6 Å². The topological polar surface area (TPSA) is 128 Å². The molecule has 0 spiro atoms. The predicted molar refractivity (Wildman–Crippen MR) is 121 cm³/mol. The van der Waals surface area contributed by atoms with Gasteiger partial charge in [0.2, 0.25) is 5.91 Å². The summed E-state index contributed by atoms with van der Waals surface area (Å²) in [6, 6.07) is 3.62. The lowest BCUT2D eigenvalue weighted by Crippen LogP contribution is -2.37. The average Bonchev–Trinajstić information content (AvgIpc) is 3.37. The standard InChI is InChI=1S/C22H24F3N9O/c23-22(24,25)12-34-18-8-16(28-10-15(18)20(32-34)33-6-1-7-33)19-17(11-29-31-19)30-21(35)14(9-26)13-2-4-27-5-3-13/h8,10-11,13-14,27H,1-7,12H2,(H,29,31)(H,30,35). The minimum atomic E-state index is -4.44. The molecule has 184 valence electrons. The Hall–Kier alpha value is -3.66. The van der Waals surface area contributed by atoms with E-state index in [9.17, 15) is 23.2 Å². The molecule has 5 rings (SSSR count). The second-order valence-electron chi connectivity index (χ2n) is 8.87. The van der Waals surface area contributed by atoms with Crippen LogP contribution in [0.5, 0.6) is 0 Å². The van der Waals surface area contributed by atoms with Gasteiger partial charge in [-0.25, -0.2) is 0 Å². The van der Waals surface area contributed by atoms with E-state index in [1.54, 1.807) is 0 Å². The van der Waals surface area contributed by atoms with E-state index in [0.29, 0.717) is 28.3 Å². The predicted octanol–water partition coefficient (Wildman–Crippen LogP) is 2.67. The van der Waals surface area contributed by atoms with Crippen LogP contribution in [0.3, 0.4) is 0 Å². The van der Waals surface area contributed by atoms with Gasteiger partial charge in [-0.1, -0.05) is 0 Å². The van der Waals surface area contributed by atoms with Crippen molar-refractivity contribution in [1.82, 2.24) is 30.3 Å². The lowest BCUT2D eigenvalue weighted by molar-refractivity contribution is -0.141. The van der Waals surface area contributed by atoms with Gasteiger partial charge in [-0.05, 0) is 44.3 Å². The number of nitriles is 1. The first-order valence-electron chi connectivity index (χ1n) is 11.5. The number of piperidine rings is 1. The second-order valence-corrected chi connectivity index (χ2v) is 8.87. The van der Waals surface area contributed by atoms with E-state index in [-0.39, 0.29) is 11.4 Å². The first-order valence-corrected chi connectivity index (χ1v) is 11.5. The number of pyridine rings is 1. The molecule has 1 amide bonds. The Balaban J connectivity index is 1.45. The zero-order valence-corrected chi connectivity index (χ0v) is 18.8. The number of halogens is 3. The molecule has 0 aromatic carbocycles. The van der Waals surface area contributed by atoms with Crippen LogP contribution in [0.1, 0.15) is 19.3 Å². The van der Waals surface area contributed by atoms with E-state index in [0.717, 1.165) is 50.1 Å². The van der Waals surface area contributed by atoms with Gasteiger partial charge in [0.05, 0.1) is 34.6 Å². The van der Waals surface area contributed by atoms with Gasteiger partial charge in [0, 0.05) is 19.3 Å². The van der Waals surface area contributed by atoms with Crippen LogP contribution in [0.25, 0.3) is 22.3 Å². The normalized spacial score (nSPS) is 17.7.